The zero-order chi connectivity index (χ0) is 15.3. The largest absolute Gasteiger partial charge is 0.354 e. The van der Waals surface area contributed by atoms with Gasteiger partial charge in [-0.25, -0.2) is 8.42 Å². The second kappa shape index (κ2) is 7.15. The number of halogens is 2. The molecule has 1 rings (SSSR count). The zero-order valence-corrected chi connectivity index (χ0v) is 13.5. The van der Waals surface area contributed by atoms with Gasteiger partial charge in [-0.15, -0.1) is 0 Å². The van der Waals surface area contributed by atoms with E-state index < -0.39 is 10.0 Å². The molecule has 1 aromatic rings. The molecule has 1 aromatic carbocycles. The molecule has 0 saturated heterocycles. The van der Waals surface area contributed by atoms with Crippen LogP contribution >= 0.6 is 23.2 Å². The number of nitrogens with one attached hydrogen (secondary N) is 1. The first-order chi connectivity index (χ1) is 9.27. The van der Waals surface area contributed by atoms with Crippen LogP contribution in [-0.2, 0) is 14.8 Å². The number of carbonyl (C=O) groups excluding carboxylic acids is 1. The Balaban J connectivity index is 2.97. The van der Waals surface area contributed by atoms with E-state index in [0.717, 1.165) is 10.6 Å². The van der Waals surface area contributed by atoms with Gasteiger partial charge in [0.05, 0.1) is 28.5 Å². The van der Waals surface area contributed by atoms with Crippen LogP contribution in [0.15, 0.2) is 18.2 Å². The Morgan fingerprint density at radius 3 is 2.55 bits per heavy atom. The molecule has 20 heavy (non-hydrogen) atoms. The third-order valence-electron chi connectivity index (χ3n) is 2.56. The van der Waals surface area contributed by atoms with E-state index in [4.69, 9.17) is 23.2 Å². The predicted octanol–water partition coefficient (Wildman–Crippen LogP) is 2.29. The lowest BCUT2D eigenvalue weighted by Gasteiger charge is -2.23. The monoisotopic (exact) mass is 338 g/mol. The van der Waals surface area contributed by atoms with Crippen LogP contribution in [0.1, 0.15) is 13.3 Å². The van der Waals surface area contributed by atoms with Crippen molar-refractivity contribution in [3.63, 3.8) is 0 Å². The highest BCUT2D eigenvalue weighted by atomic mass is 35.5. The van der Waals surface area contributed by atoms with Crippen molar-refractivity contribution in [3.05, 3.63) is 28.2 Å². The molecule has 0 saturated carbocycles. The molecule has 0 unspecified atom stereocenters. The molecule has 0 spiro atoms. The number of hydrogen-bond donors (Lipinski definition) is 1. The lowest BCUT2D eigenvalue weighted by atomic mass is 10.3. The second-order valence-corrected chi connectivity index (χ2v) is 6.80. The third kappa shape index (κ3) is 4.54. The molecule has 0 aliphatic carbocycles. The summed E-state index contributed by atoms with van der Waals surface area (Å²) in [5.74, 6) is -0.143. The van der Waals surface area contributed by atoms with E-state index in [1.807, 2.05) is 0 Å². The summed E-state index contributed by atoms with van der Waals surface area (Å²) in [5.41, 5.74) is 0.299. The van der Waals surface area contributed by atoms with Gasteiger partial charge in [0.2, 0.25) is 15.9 Å². The van der Waals surface area contributed by atoms with E-state index in [9.17, 15) is 13.2 Å². The van der Waals surface area contributed by atoms with Crippen molar-refractivity contribution < 1.29 is 13.2 Å². The maximum absolute atomic E-state index is 11.9. The summed E-state index contributed by atoms with van der Waals surface area (Å²) in [6, 6.07) is 4.76. The molecule has 0 bridgehead atoms. The maximum atomic E-state index is 11.9. The van der Waals surface area contributed by atoms with Crippen LogP contribution in [0.2, 0.25) is 10.0 Å². The molecule has 8 heteroatoms. The summed E-state index contributed by atoms with van der Waals surface area (Å²) in [7, 11) is -3.52. The first-order valence-electron chi connectivity index (χ1n) is 5.95. The van der Waals surface area contributed by atoms with E-state index in [-0.39, 0.29) is 29.0 Å². The van der Waals surface area contributed by atoms with Gasteiger partial charge in [-0.05, 0) is 12.1 Å². The normalized spacial score (nSPS) is 11.2. The van der Waals surface area contributed by atoms with E-state index >= 15 is 0 Å². The SMILES string of the molecule is CCC(=O)NCCN(c1cccc(Cl)c1Cl)S(C)(=O)=O. The number of sulfonamides is 1. The highest BCUT2D eigenvalue weighted by molar-refractivity contribution is 7.92. The average Bonchev–Trinajstić information content (AvgIpc) is 2.37. The van der Waals surface area contributed by atoms with Crippen LogP contribution in [-0.4, -0.2) is 33.7 Å². The summed E-state index contributed by atoms with van der Waals surface area (Å²) in [6.45, 7) is 2.00. The van der Waals surface area contributed by atoms with Crippen LogP contribution in [0.3, 0.4) is 0 Å². The van der Waals surface area contributed by atoms with Gasteiger partial charge >= 0.3 is 0 Å². The number of carbonyl (C=O) groups is 1. The Hall–Kier alpha value is -0.980. The van der Waals surface area contributed by atoms with Crippen molar-refractivity contribution in [1.82, 2.24) is 5.32 Å². The molecule has 0 heterocycles. The van der Waals surface area contributed by atoms with E-state index in [2.05, 4.69) is 5.32 Å². The number of anilines is 1. The third-order valence-corrected chi connectivity index (χ3v) is 4.55. The van der Waals surface area contributed by atoms with Crippen LogP contribution < -0.4 is 9.62 Å². The standard InChI is InChI=1S/C12H16Cl2N2O3S/c1-3-11(17)15-7-8-16(20(2,18)19)10-6-4-5-9(13)12(10)14/h4-6H,3,7-8H2,1-2H3,(H,15,17). The first-order valence-corrected chi connectivity index (χ1v) is 8.56. The Labute approximate surface area is 128 Å². The molecule has 0 fully saturated rings. The Morgan fingerprint density at radius 1 is 1.35 bits per heavy atom. The van der Waals surface area contributed by atoms with E-state index in [0.29, 0.717) is 12.1 Å². The molecule has 0 aliphatic heterocycles. The minimum Gasteiger partial charge on any atom is -0.354 e. The van der Waals surface area contributed by atoms with E-state index in [1.165, 1.54) is 0 Å². The fourth-order valence-corrected chi connectivity index (χ4v) is 2.95. The van der Waals surface area contributed by atoms with Gasteiger partial charge in [0.15, 0.2) is 0 Å². The summed E-state index contributed by atoms with van der Waals surface area (Å²) in [6.07, 6.45) is 1.42. The van der Waals surface area contributed by atoms with Crippen molar-refractivity contribution in [3.8, 4) is 0 Å². The van der Waals surface area contributed by atoms with Crippen molar-refractivity contribution in [2.24, 2.45) is 0 Å². The van der Waals surface area contributed by atoms with Crippen molar-refractivity contribution in [2.75, 3.05) is 23.7 Å². The Morgan fingerprint density at radius 2 is 2.00 bits per heavy atom. The van der Waals surface area contributed by atoms with Crippen LogP contribution in [0.4, 0.5) is 5.69 Å². The molecular formula is C12H16Cl2N2O3S. The van der Waals surface area contributed by atoms with Gasteiger partial charge in [-0.2, -0.15) is 0 Å². The lowest BCUT2D eigenvalue weighted by molar-refractivity contribution is -0.120. The highest BCUT2D eigenvalue weighted by Gasteiger charge is 2.20. The summed E-state index contributed by atoms with van der Waals surface area (Å²) >= 11 is 11.9. The van der Waals surface area contributed by atoms with Gasteiger partial charge in [0.25, 0.3) is 0 Å². The van der Waals surface area contributed by atoms with Gasteiger partial charge in [0, 0.05) is 13.0 Å². The van der Waals surface area contributed by atoms with Crippen LogP contribution in [0, 0.1) is 0 Å². The summed E-state index contributed by atoms with van der Waals surface area (Å²) < 4.78 is 24.8. The van der Waals surface area contributed by atoms with Gasteiger partial charge in [-0.1, -0.05) is 36.2 Å². The number of nitrogens with zero attached hydrogens (tertiary/aromatic N) is 1. The van der Waals surface area contributed by atoms with Crippen molar-refractivity contribution in [1.29, 1.82) is 0 Å². The van der Waals surface area contributed by atoms with E-state index in [1.54, 1.807) is 25.1 Å². The summed E-state index contributed by atoms with van der Waals surface area (Å²) in [5, 5.41) is 3.06. The summed E-state index contributed by atoms with van der Waals surface area (Å²) in [4.78, 5) is 11.2. The topological polar surface area (TPSA) is 66.5 Å². The van der Waals surface area contributed by atoms with Crippen molar-refractivity contribution in [2.45, 2.75) is 13.3 Å². The quantitative estimate of drug-likeness (QED) is 0.865. The average molecular weight is 339 g/mol. The molecule has 0 radical (unpaired) electrons. The zero-order valence-electron chi connectivity index (χ0n) is 11.2. The Kier molecular flexibility index (Phi) is 6.10. The fourth-order valence-electron chi connectivity index (χ4n) is 1.57. The molecule has 1 amide bonds. The predicted molar refractivity (Wildman–Crippen MR) is 82.0 cm³/mol. The lowest BCUT2D eigenvalue weighted by Crippen LogP contribution is -2.38. The van der Waals surface area contributed by atoms with Crippen LogP contribution in [0.5, 0.6) is 0 Å². The van der Waals surface area contributed by atoms with Gasteiger partial charge < -0.3 is 5.32 Å². The van der Waals surface area contributed by atoms with Gasteiger partial charge in [0.1, 0.15) is 0 Å². The minimum atomic E-state index is -3.52. The first kappa shape index (κ1) is 17.1. The fraction of sp³-hybridized carbons (Fsp3) is 0.417. The molecule has 1 N–H and O–H groups in total. The second-order valence-electron chi connectivity index (χ2n) is 4.11. The smallest absolute Gasteiger partial charge is 0.232 e. The minimum absolute atomic E-state index is 0.0879. The number of rotatable bonds is 6. The Bertz CT molecular complexity index is 590. The molecule has 0 atom stereocenters. The number of benzene rings is 1. The molecule has 5 nitrogen and oxygen atoms in total. The highest BCUT2D eigenvalue weighted by Crippen LogP contribution is 2.33. The van der Waals surface area contributed by atoms with Crippen molar-refractivity contribution >= 4 is 44.8 Å². The molecule has 0 aliphatic rings. The molecule has 112 valence electrons. The number of amides is 1. The van der Waals surface area contributed by atoms with Gasteiger partial charge in [-0.3, -0.25) is 9.10 Å². The number of hydrogen-bond acceptors (Lipinski definition) is 3. The molecular weight excluding hydrogens is 323 g/mol. The maximum Gasteiger partial charge on any atom is 0.232 e. The molecule has 0 aromatic heterocycles. The van der Waals surface area contributed by atoms with Crippen LogP contribution in [0.25, 0.3) is 0 Å².